The average Bonchev–Trinajstić information content (AvgIpc) is 3.29. The molecular formula is C20H24N2O3S. The zero-order valence-corrected chi connectivity index (χ0v) is 15.6. The lowest BCUT2D eigenvalue weighted by atomic mass is 9.81. The fourth-order valence-electron chi connectivity index (χ4n) is 4.57. The largest absolute Gasteiger partial charge is 0.481 e. The summed E-state index contributed by atoms with van der Waals surface area (Å²) in [5.74, 6) is -0.456. The molecule has 1 aromatic carbocycles. The second kappa shape index (κ2) is 6.99. The normalized spacial score (nSPS) is 24.9. The van der Waals surface area contributed by atoms with Crippen LogP contribution in [0.2, 0.25) is 0 Å². The van der Waals surface area contributed by atoms with Crippen molar-refractivity contribution in [2.45, 2.75) is 44.9 Å². The van der Waals surface area contributed by atoms with Crippen LogP contribution in [0, 0.1) is 11.3 Å². The van der Waals surface area contributed by atoms with E-state index < -0.39 is 11.4 Å². The van der Waals surface area contributed by atoms with Crippen LogP contribution in [-0.4, -0.2) is 40.0 Å². The molecule has 2 aromatic rings. The molecule has 6 heteroatoms. The third-order valence-electron chi connectivity index (χ3n) is 6.02. The minimum absolute atomic E-state index is 0.115. The molecule has 1 amide bonds. The summed E-state index contributed by atoms with van der Waals surface area (Å²) in [6, 6.07) is 8.14. The number of aryl methyl sites for hydroxylation is 1. The summed E-state index contributed by atoms with van der Waals surface area (Å²) in [5.41, 5.74) is 0.377. The average molecular weight is 372 g/mol. The summed E-state index contributed by atoms with van der Waals surface area (Å²) < 4.78 is 1.21. The van der Waals surface area contributed by atoms with Gasteiger partial charge in [0.25, 0.3) is 0 Å². The molecule has 4 rings (SSSR count). The van der Waals surface area contributed by atoms with Crippen molar-refractivity contribution in [2.24, 2.45) is 11.3 Å². The van der Waals surface area contributed by atoms with Crippen molar-refractivity contribution in [2.75, 3.05) is 13.1 Å². The molecule has 1 aromatic heterocycles. The topological polar surface area (TPSA) is 70.5 Å². The van der Waals surface area contributed by atoms with E-state index in [9.17, 15) is 14.7 Å². The summed E-state index contributed by atoms with van der Waals surface area (Å²) in [7, 11) is 0. The molecule has 2 heterocycles. The molecule has 0 unspecified atom stereocenters. The number of likely N-dealkylation sites (tertiary alicyclic amines) is 1. The fraction of sp³-hybridized carbons (Fsp3) is 0.550. The Morgan fingerprint density at radius 1 is 1.31 bits per heavy atom. The predicted molar refractivity (Wildman–Crippen MR) is 101 cm³/mol. The van der Waals surface area contributed by atoms with E-state index in [-0.39, 0.29) is 11.8 Å². The maximum absolute atomic E-state index is 12.5. The van der Waals surface area contributed by atoms with Gasteiger partial charge in [0.15, 0.2) is 0 Å². The second-order valence-corrected chi connectivity index (χ2v) is 8.72. The van der Waals surface area contributed by atoms with Crippen LogP contribution in [0.4, 0.5) is 0 Å². The SMILES string of the molecule is O=C(CCCCc1nc2ccccc2s1)N1C[C@@H]2CCC[C@@]2(C(=O)O)C1. The number of unbranched alkanes of at least 4 members (excludes halogenated alkanes) is 1. The van der Waals surface area contributed by atoms with Crippen molar-refractivity contribution in [3.05, 3.63) is 29.3 Å². The van der Waals surface area contributed by atoms with Crippen LogP contribution in [0.3, 0.4) is 0 Å². The molecule has 1 aliphatic carbocycles. The molecule has 2 fully saturated rings. The molecule has 0 radical (unpaired) electrons. The van der Waals surface area contributed by atoms with E-state index >= 15 is 0 Å². The van der Waals surface area contributed by atoms with Crippen molar-refractivity contribution >= 4 is 33.4 Å². The number of aliphatic carboxylic acids is 1. The first kappa shape index (κ1) is 17.5. The van der Waals surface area contributed by atoms with Gasteiger partial charge in [0.05, 0.1) is 20.6 Å². The highest BCUT2D eigenvalue weighted by atomic mass is 32.1. The Kier molecular flexibility index (Phi) is 4.69. The number of thiazole rings is 1. The molecule has 2 aliphatic rings. The summed E-state index contributed by atoms with van der Waals surface area (Å²) in [4.78, 5) is 30.7. The molecular weight excluding hydrogens is 348 g/mol. The van der Waals surface area contributed by atoms with Crippen LogP contribution in [0.1, 0.15) is 43.5 Å². The lowest BCUT2D eigenvalue weighted by Gasteiger charge is -2.23. The van der Waals surface area contributed by atoms with Gasteiger partial charge in [-0.05, 0) is 50.2 Å². The van der Waals surface area contributed by atoms with Crippen molar-refractivity contribution in [3.63, 3.8) is 0 Å². The Labute approximate surface area is 157 Å². The molecule has 2 atom stereocenters. The van der Waals surface area contributed by atoms with E-state index in [4.69, 9.17) is 0 Å². The number of benzene rings is 1. The quantitative estimate of drug-likeness (QED) is 0.785. The van der Waals surface area contributed by atoms with Gasteiger partial charge in [0, 0.05) is 19.5 Å². The van der Waals surface area contributed by atoms with Crippen molar-refractivity contribution < 1.29 is 14.7 Å². The first-order chi connectivity index (χ1) is 12.6. The summed E-state index contributed by atoms with van der Waals surface area (Å²) >= 11 is 1.72. The molecule has 0 spiro atoms. The van der Waals surface area contributed by atoms with Crippen LogP contribution in [-0.2, 0) is 16.0 Å². The molecule has 1 saturated carbocycles. The first-order valence-corrected chi connectivity index (χ1v) is 10.3. The molecule has 26 heavy (non-hydrogen) atoms. The smallest absolute Gasteiger partial charge is 0.311 e. The highest BCUT2D eigenvalue weighted by molar-refractivity contribution is 7.18. The van der Waals surface area contributed by atoms with Gasteiger partial charge < -0.3 is 10.0 Å². The lowest BCUT2D eigenvalue weighted by Crippen LogP contribution is -2.37. The summed E-state index contributed by atoms with van der Waals surface area (Å²) in [6.45, 7) is 1.03. The maximum Gasteiger partial charge on any atom is 0.311 e. The Hall–Kier alpha value is -1.95. The van der Waals surface area contributed by atoms with Crippen LogP contribution in [0.15, 0.2) is 24.3 Å². The molecule has 5 nitrogen and oxygen atoms in total. The van der Waals surface area contributed by atoms with E-state index in [0.29, 0.717) is 25.9 Å². The van der Waals surface area contributed by atoms with Crippen molar-refractivity contribution in [3.8, 4) is 0 Å². The zero-order valence-electron chi connectivity index (χ0n) is 14.8. The maximum atomic E-state index is 12.5. The van der Waals surface area contributed by atoms with Crippen LogP contribution < -0.4 is 0 Å². The number of hydrogen-bond donors (Lipinski definition) is 1. The van der Waals surface area contributed by atoms with Gasteiger partial charge in [-0.2, -0.15) is 0 Å². The van der Waals surface area contributed by atoms with Crippen molar-refractivity contribution in [1.82, 2.24) is 9.88 Å². The summed E-state index contributed by atoms with van der Waals surface area (Å²) in [5, 5.41) is 10.8. The van der Waals surface area contributed by atoms with Gasteiger partial charge >= 0.3 is 5.97 Å². The van der Waals surface area contributed by atoms with Crippen LogP contribution >= 0.6 is 11.3 Å². The molecule has 1 aliphatic heterocycles. The van der Waals surface area contributed by atoms with Crippen LogP contribution in [0.25, 0.3) is 10.2 Å². The third-order valence-corrected chi connectivity index (χ3v) is 7.11. The predicted octanol–water partition coefficient (Wildman–Crippen LogP) is 3.72. The fourth-order valence-corrected chi connectivity index (χ4v) is 5.58. The number of aromatic nitrogens is 1. The van der Waals surface area contributed by atoms with Gasteiger partial charge in [0.2, 0.25) is 5.91 Å². The number of nitrogens with zero attached hydrogens (tertiary/aromatic N) is 2. The van der Waals surface area contributed by atoms with Crippen molar-refractivity contribution in [1.29, 1.82) is 0 Å². The van der Waals surface area contributed by atoms with Gasteiger partial charge in [0.1, 0.15) is 0 Å². The number of hydrogen-bond acceptors (Lipinski definition) is 4. The number of para-hydroxylation sites is 1. The number of carboxylic acids is 1. The lowest BCUT2D eigenvalue weighted by molar-refractivity contribution is -0.149. The Balaban J connectivity index is 1.26. The van der Waals surface area contributed by atoms with Crippen LogP contribution in [0.5, 0.6) is 0 Å². The standard InChI is InChI=1S/C20H24N2O3S/c23-18(22-12-14-6-5-11-20(14,13-22)19(24)25)10-4-3-9-17-21-15-7-1-2-8-16(15)26-17/h1-2,7-8,14H,3-6,9-13H2,(H,24,25)/t14-,20+/m0/s1. The number of rotatable bonds is 6. The Morgan fingerprint density at radius 3 is 2.92 bits per heavy atom. The monoisotopic (exact) mass is 372 g/mol. The molecule has 1 N–H and O–H groups in total. The molecule has 138 valence electrons. The second-order valence-electron chi connectivity index (χ2n) is 7.61. The van der Waals surface area contributed by atoms with E-state index in [1.165, 1.54) is 4.70 Å². The van der Waals surface area contributed by atoms with Gasteiger partial charge in [-0.25, -0.2) is 4.98 Å². The van der Waals surface area contributed by atoms with E-state index in [1.807, 2.05) is 18.2 Å². The Morgan fingerprint density at radius 2 is 2.15 bits per heavy atom. The summed E-state index contributed by atoms with van der Waals surface area (Å²) in [6.07, 6.45) is 5.80. The number of amides is 1. The minimum Gasteiger partial charge on any atom is -0.481 e. The van der Waals surface area contributed by atoms with Gasteiger partial charge in [-0.1, -0.05) is 18.6 Å². The number of carbonyl (C=O) groups excluding carboxylic acids is 1. The Bertz CT molecular complexity index is 800. The molecule has 1 saturated heterocycles. The van der Waals surface area contributed by atoms with E-state index in [1.54, 1.807) is 16.2 Å². The number of carboxylic acid groups (broad SMARTS) is 1. The van der Waals surface area contributed by atoms with Gasteiger partial charge in [-0.15, -0.1) is 11.3 Å². The number of fused-ring (bicyclic) bond motifs is 2. The first-order valence-electron chi connectivity index (χ1n) is 9.44. The highest BCUT2D eigenvalue weighted by Crippen LogP contribution is 2.49. The van der Waals surface area contributed by atoms with E-state index in [0.717, 1.165) is 42.6 Å². The zero-order chi connectivity index (χ0) is 18.1. The van der Waals surface area contributed by atoms with Gasteiger partial charge in [-0.3, -0.25) is 9.59 Å². The number of carbonyl (C=O) groups is 2. The highest BCUT2D eigenvalue weighted by Gasteiger charge is 2.55. The van der Waals surface area contributed by atoms with E-state index in [2.05, 4.69) is 11.1 Å². The third kappa shape index (κ3) is 3.11. The minimum atomic E-state index is -0.717. The molecule has 0 bridgehead atoms.